The second-order valence-electron chi connectivity index (χ2n) is 3.70. The Balaban J connectivity index is 2.08. The molecule has 1 rings (SSSR count). The van der Waals surface area contributed by atoms with Crippen molar-refractivity contribution in [3.8, 4) is 0 Å². The maximum atomic E-state index is 11.1. The van der Waals surface area contributed by atoms with Gasteiger partial charge in [-0.3, -0.25) is 9.59 Å². The van der Waals surface area contributed by atoms with Gasteiger partial charge < -0.3 is 10.5 Å². The normalized spacial score (nSPS) is 21.2. The molecular weight excluding hydrogens is 182 g/mol. The van der Waals surface area contributed by atoms with Gasteiger partial charge in [0, 0.05) is 25.8 Å². The molecule has 0 saturated heterocycles. The van der Waals surface area contributed by atoms with E-state index in [0.29, 0.717) is 44.1 Å². The first-order valence-corrected chi connectivity index (χ1v) is 5.09. The highest BCUT2D eigenvalue weighted by Crippen LogP contribution is 2.26. The van der Waals surface area contributed by atoms with Crippen LogP contribution in [0.2, 0.25) is 0 Å². The van der Waals surface area contributed by atoms with Crippen molar-refractivity contribution in [1.82, 2.24) is 0 Å². The Hall–Kier alpha value is -0.900. The zero-order valence-corrected chi connectivity index (χ0v) is 8.33. The van der Waals surface area contributed by atoms with Crippen molar-refractivity contribution in [2.45, 2.75) is 32.1 Å². The first-order chi connectivity index (χ1) is 6.72. The highest BCUT2D eigenvalue weighted by Gasteiger charge is 2.22. The Labute approximate surface area is 83.8 Å². The molecule has 0 heterocycles. The van der Waals surface area contributed by atoms with Crippen molar-refractivity contribution in [3.05, 3.63) is 0 Å². The molecule has 1 unspecified atom stereocenters. The lowest BCUT2D eigenvalue weighted by atomic mass is 10.0. The van der Waals surface area contributed by atoms with Crippen molar-refractivity contribution in [3.63, 3.8) is 0 Å². The largest absolute Gasteiger partial charge is 0.464 e. The quantitative estimate of drug-likeness (QED) is 0.659. The first-order valence-electron chi connectivity index (χ1n) is 5.09. The molecule has 0 aromatic rings. The van der Waals surface area contributed by atoms with Gasteiger partial charge in [-0.05, 0) is 18.8 Å². The molecule has 1 aliphatic rings. The van der Waals surface area contributed by atoms with Crippen molar-refractivity contribution in [1.29, 1.82) is 0 Å². The van der Waals surface area contributed by atoms with E-state index < -0.39 is 0 Å². The van der Waals surface area contributed by atoms with Crippen LogP contribution in [-0.2, 0) is 14.3 Å². The fraction of sp³-hybridized carbons (Fsp3) is 0.800. The van der Waals surface area contributed by atoms with Gasteiger partial charge in [0.25, 0.3) is 0 Å². The molecule has 1 saturated carbocycles. The maximum Gasteiger partial charge on any atom is 0.305 e. The van der Waals surface area contributed by atoms with E-state index >= 15 is 0 Å². The predicted molar refractivity (Wildman–Crippen MR) is 51.6 cm³/mol. The summed E-state index contributed by atoms with van der Waals surface area (Å²) in [6, 6.07) is 0. The van der Waals surface area contributed by atoms with Gasteiger partial charge >= 0.3 is 5.97 Å². The van der Waals surface area contributed by atoms with E-state index in [0.717, 1.165) is 12.8 Å². The van der Waals surface area contributed by atoms with Gasteiger partial charge in [-0.2, -0.15) is 0 Å². The molecule has 0 spiro atoms. The number of hydrogen-bond acceptors (Lipinski definition) is 4. The fourth-order valence-corrected chi connectivity index (χ4v) is 1.70. The molecule has 0 bridgehead atoms. The topological polar surface area (TPSA) is 69.4 Å². The zero-order valence-electron chi connectivity index (χ0n) is 8.33. The lowest BCUT2D eigenvalue weighted by molar-refractivity contribution is -0.143. The summed E-state index contributed by atoms with van der Waals surface area (Å²) in [6.07, 6.45) is 3.45. The number of carbonyl (C=O) groups is 2. The molecule has 2 N–H and O–H groups in total. The molecule has 0 radical (unpaired) electrons. The number of ether oxygens (including phenoxy) is 1. The van der Waals surface area contributed by atoms with E-state index in [1.807, 2.05) is 0 Å². The average molecular weight is 199 g/mol. The molecule has 1 aliphatic carbocycles. The van der Waals surface area contributed by atoms with Crippen LogP contribution in [0.5, 0.6) is 0 Å². The molecule has 0 aliphatic heterocycles. The number of ketones is 1. The molecule has 0 amide bonds. The second-order valence-corrected chi connectivity index (χ2v) is 3.70. The molecule has 0 aromatic heterocycles. The lowest BCUT2D eigenvalue weighted by Crippen LogP contribution is -2.14. The smallest absolute Gasteiger partial charge is 0.305 e. The van der Waals surface area contributed by atoms with E-state index in [2.05, 4.69) is 0 Å². The van der Waals surface area contributed by atoms with Crippen LogP contribution in [0, 0.1) is 5.92 Å². The Morgan fingerprint density at radius 1 is 1.57 bits per heavy atom. The third-order valence-electron chi connectivity index (χ3n) is 2.49. The van der Waals surface area contributed by atoms with Gasteiger partial charge in [0.1, 0.15) is 12.4 Å². The van der Waals surface area contributed by atoms with Gasteiger partial charge in [0.15, 0.2) is 0 Å². The number of Topliss-reactive ketones (excluding diaryl/α,β-unsaturated/α-hetero) is 1. The van der Waals surface area contributed by atoms with Crippen LogP contribution in [0.1, 0.15) is 32.1 Å². The summed E-state index contributed by atoms with van der Waals surface area (Å²) >= 11 is 0. The minimum atomic E-state index is -0.199. The Morgan fingerprint density at radius 2 is 2.36 bits per heavy atom. The number of nitrogens with two attached hydrogens (primary N) is 1. The van der Waals surface area contributed by atoms with E-state index in [1.54, 1.807) is 0 Å². The SMILES string of the molecule is NCCOC(=O)CCC1CCC(=O)C1. The summed E-state index contributed by atoms with van der Waals surface area (Å²) in [4.78, 5) is 22.0. The summed E-state index contributed by atoms with van der Waals surface area (Å²) in [5.74, 6) is 0.521. The van der Waals surface area contributed by atoms with E-state index in [4.69, 9.17) is 10.5 Å². The van der Waals surface area contributed by atoms with Gasteiger partial charge in [-0.25, -0.2) is 0 Å². The highest BCUT2D eigenvalue weighted by atomic mass is 16.5. The van der Waals surface area contributed by atoms with Crippen molar-refractivity contribution in [2.75, 3.05) is 13.2 Å². The Kier molecular flexibility index (Phi) is 4.59. The summed E-state index contributed by atoms with van der Waals surface area (Å²) in [6.45, 7) is 0.663. The standard InChI is InChI=1S/C10H17NO3/c11-5-6-14-10(13)4-2-8-1-3-9(12)7-8/h8H,1-7,11H2. The van der Waals surface area contributed by atoms with Crippen molar-refractivity contribution in [2.24, 2.45) is 11.7 Å². The number of hydrogen-bond donors (Lipinski definition) is 1. The predicted octanol–water partition coefficient (Wildman–Crippen LogP) is 0.638. The van der Waals surface area contributed by atoms with Crippen LogP contribution < -0.4 is 5.73 Å². The Morgan fingerprint density at radius 3 is 2.93 bits per heavy atom. The zero-order chi connectivity index (χ0) is 10.4. The number of carbonyl (C=O) groups excluding carboxylic acids is 2. The molecule has 80 valence electrons. The highest BCUT2D eigenvalue weighted by molar-refractivity contribution is 5.80. The van der Waals surface area contributed by atoms with E-state index in [9.17, 15) is 9.59 Å². The summed E-state index contributed by atoms with van der Waals surface area (Å²) in [7, 11) is 0. The fourth-order valence-electron chi connectivity index (χ4n) is 1.70. The average Bonchev–Trinajstić information content (AvgIpc) is 2.58. The Bertz CT molecular complexity index is 215. The molecule has 1 fully saturated rings. The first kappa shape index (κ1) is 11.2. The van der Waals surface area contributed by atoms with Crippen LogP contribution in [0.4, 0.5) is 0 Å². The number of esters is 1. The molecule has 1 atom stereocenters. The summed E-state index contributed by atoms with van der Waals surface area (Å²) < 4.78 is 4.83. The minimum Gasteiger partial charge on any atom is -0.464 e. The van der Waals surface area contributed by atoms with Crippen molar-refractivity contribution < 1.29 is 14.3 Å². The van der Waals surface area contributed by atoms with Gasteiger partial charge in [-0.1, -0.05) is 0 Å². The van der Waals surface area contributed by atoms with Crippen LogP contribution in [0.3, 0.4) is 0 Å². The molecule has 4 nitrogen and oxygen atoms in total. The summed E-state index contributed by atoms with van der Waals surface area (Å²) in [5.41, 5.74) is 5.19. The third-order valence-corrected chi connectivity index (χ3v) is 2.49. The minimum absolute atomic E-state index is 0.199. The van der Waals surface area contributed by atoms with Gasteiger partial charge in [0.05, 0.1) is 0 Å². The van der Waals surface area contributed by atoms with Crippen LogP contribution >= 0.6 is 0 Å². The maximum absolute atomic E-state index is 11.1. The summed E-state index contributed by atoms with van der Waals surface area (Å²) in [5, 5.41) is 0. The molecule has 14 heavy (non-hydrogen) atoms. The van der Waals surface area contributed by atoms with Crippen LogP contribution in [-0.4, -0.2) is 24.9 Å². The molecule has 4 heteroatoms. The third kappa shape index (κ3) is 3.87. The van der Waals surface area contributed by atoms with Gasteiger partial charge in [0.2, 0.25) is 0 Å². The van der Waals surface area contributed by atoms with Crippen molar-refractivity contribution >= 4 is 11.8 Å². The van der Waals surface area contributed by atoms with Gasteiger partial charge in [-0.15, -0.1) is 0 Å². The molecule has 0 aromatic carbocycles. The number of rotatable bonds is 5. The van der Waals surface area contributed by atoms with E-state index in [-0.39, 0.29) is 5.97 Å². The van der Waals surface area contributed by atoms with Crippen LogP contribution in [0.15, 0.2) is 0 Å². The van der Waals surface area contributed by atoms with Crippen LogP contribution in [0.25, 0.3) is 0 Å². The second kappa shape index (κ2) is 5.75. The monoisotopic (exact) mass is 199 g/mol. The van der Waals surface area contributed by atoms with E-state index in [1.165, 1.54) is 0 Å². The lowest BCUT2D eigenvalue weighted by Gasteiger charge is -2.07. The molecular formula is C10H17NO3.